The number of anilines is 1. The number of para-hydroxylation sites is 1. The van der Waals surface area contributed by atoms with Gasteiger partial charge in [0.15, 0.2) is 0 Å². The predicted molar refractivity (Wildman–Crippen MR) is 50.1 cm³/mol. The van der Waals surface area contributed by atoms with Crippen LogP contribution < -0.4 is 5.73 Å². The van der Waals surface area contributed by atoms with Gasteiger partial charge in [0.1, 0.15) is 0 Å². The first kappa shape index (κ1) is 8.35. The molecule has 0 saturated carbocycles. The van der Waals surface area contributed by atoms with Gasteiger partial charge in [-0.25, -0.2) is 0 Å². The molecule has 0 spiro atoms. The van der Waals surface area contributed by atoms with Crippen molar-refractivity contribution >= 4 is 11.8 Å². The summed E-state index contributed by atoms with van der Waals surface area (Å²) in [7, 11) is 0. The number of rotatable bonds is 2. The van der Waals surface area contributed by atoms with E-state index in [4.69, 9.17) is 11.0 Å². The Labute approximate surface area is 71.9 Å². The highest BCUT2D eigenvalue weighted by molar-refractivity contribution is 5.64. The molecule has 0 aromatic heterocycles. The van der Waals surface area contributed by atoms with Gasteiger partial charge in [0.05, 0.1) is 12.5 Å². The zero-order valence-corrected chi connectivity index (χ0v) is 6.70. The molecule has 12 heavy (non-hydrogen) atoms. The Morgan fingerprint density at radius 3 is 2.83 bits per heavy atom. The van der Waals surface area contributed by atoms with Crippen LogP contribution in [-0.4, -0.2) is 0 Å². The van der Waals surface area contributed by atoms with Gasteiger partial charge in [0.2, 0.25) is 0 Å². The van der Waals surface area contributed by atoms with E-state index in [0.29, 0.717) is 6.42 Å². The van der Waals surface area contributed by atoms with Crippen molar-refractivity contribution in [2.24, 2.45) is 0 Å². The Bertz CT molecular complexity index is 321. The third kappa shape index (κ3) is 2.14. The third-order valence-electron chi connectivity index (χ3n) is 1.50. The maximum atomic E-state index is 8.28. The van der Waals surface area contributed by atoms with Gasteiger partial charge in [-0.15, -0.1) is 0 Å². The molecule has 0 fully saturated rings. The minimum atomic E-state index is 0.425. The molecule has 0 aliphatic carbocycles. The molecule has 1 aromatic rings. The standard InChI is InChI=1S/C10H10N2/c11-8-4-3-6-9-5-1-2-7-10(9)12/h1-3,5-7H,4,12H2. The quantitative estimate of drug-likeness (QED) is 0.671. The lowest BCUT2D eigenvalue weighted by atomic mass is 10.1. The number of nitrogens with two attached hydrogens (primary N) is 1. The summed E-state index contributed by atoms with van der Waals surface area (Å²) in [5.41, 5.74) is 7.38. The van der Waals surface area contributed by atoms with Crippen molar-refractivity contribution in [3.63, 3.8) is 0 Å². The van der Waals surface area contributed by atoms with E-state index in [-0.39, 0.29) is 0 Å². The molecule has 2 heteroatoms. The minimum Gasteiger partial charge on any atom is -0.398 e. The van der Waals surface area contributed by atoms with Crippen LogP contribution in [0.3, 0.4) is 0 Å². The fourth-order valence-corrected chi connectivity index (χ4v) is 0.901. The molecule has 0 amide bonds. The first-order chi connectivity index (χ1) is 5.84. The minimum absolute atomic E-state index is 0.425. The topological polar surface area (TPSA) is 49.8 Å². The van der Waals surface area contributed by atoms with Crippen molar-refractivity contribution in [1.82, 2.24) is 0 Å². The number of hydrogen-bond donors (Lipinski definition) is 1. The summed E-state index contributed by atoms with van der Waals surface area (Å²) < 4.78 is 0. The van der Waals surface area contributed by atoms with Crippen LogP contribution >= 0.6 is 0 Å². The molecule has 0 heterocycles. The molecule has 2 N–H and O–H groups in total. The van der Waals surface area contributed by atoms with Crippen molar-refractivity contribution in [2.75, 3.05) is 5.73 Å². The molecule has 0 aliphatic heterocycles. The highest BCUT2D eigenvalue weighted by atomic mass is 14.5. The number of nitrogen functional groups attached to an aromatic ring is 1. The lowest BCUT2D eigenvalue weighted by Crippen LogP contribution is -1.86. The number of benzene rings is 1. The molecule has 0 bridgehead atoms. The lowest BCUT2D eigenvalue weighted by Gasteiger charge is -1.96. The zero-order valence-electron chi connectivity index (χ0n) is 6.70. The summed E-state index contributed by atoms with van der Waals surface area (Å²) in [4.78, 5) is 0. The Kier molecular flexibility index (Phi) is 2.92. The molecule has 0 radical (unpaired) electrons. The average molecular weight is 158 g/mol. The van der Waals surface area contributed by atoms with E-state index in [1.165, 1.54) is 0 Å². The van der Waals surface area contributed by atoms with Gasteiger partial charge in [-0.05, 0) is 11.6 Å². The van der Waals surface area contributed by atoms with E-state index in [0.717, 1.165) is 11.3 Å². The van der Waals surface area contributed by atoms with E-state index in [2.05, 4.69) is 0 Å². The normalized spacial score (nSPS) is 9.92. The van der Waals surface area contributed by atoms with E-state index in [1.54, 1.807) is 6.08 Å². The summed E-state index contributed by atoms with van der Waals surface area (Å²) in [6, 6.07) is 9.59. The van der Waals surface area contributed by atoms with Crippen LogP contribution in [0.5, 0.6) is 0 Å². The van der Waals surface area contributed by atoms with Gasteiger partial charge in [-0.3, -0.25) is 0 Å². The largest absolute Gasteiger partial charge is 0.398 e. The Hall–Kier alpha value is -1.75. The molecule has 0 saturated heterocycles. The number of nitrogens with zero attached hydrogens (tertiary/aromatic N) is 1. The molecule has 2 nitrogen and oxygen atoms in total. The van der Waals surface area contributed by atoms with E-state index < -0.39 is 0 Å². The van der Waals surface area contributed by atoms with Crippen LogP contribution in [0.1, 0.15) is 12.0 Å². The van der Waals surface area contributed by atoms with Crippen molar-refractivity contribution in [3.8, 4) is 6.07 Å². The monoisotopic (exact) mass is 158 g/mol. The number of allylic oxidation sites excluding steroid dienone is 1. The molecule has 60 valence electrons. The summed E-state index contributed by atoms with van der Waals surface area (Å²) >= 11 is 0. The van der Waals surface area contributed by atoms with E-state index in [1.807, 2.05) is 36.4 Å². The lowest BCUT2D eigenvalue weighted by molar-refractivity contribution is 1.36. The molecule has 1 rings (SSSR count). The summed E-state index contributed by atoms with van der Waals surface area (Å²) in [5.74, 6) is 0. The Morgan fingerprint density at radius 2 is 2.17 bits per heavy atom. The van der Waals surface area contributed by atoms with Crippen LogP contribution in [0.15, 0.2) is 30.3 Å². The first-order valence-corrected chi connectivity index (χ1v) is 3.72. The number of nitriles is 1. The van der Waals surface area contributed by atoms with Gasteiger partial charge in [0, 0.05) is 5.69 Å². The summed E-state index contributed by atoms with van der Waals surface area (Å²) in [6.07, 6.45) is 4.08. The van der Waals surface area contributed by atoms with Crippen LogP contribution in [-0.2, 0) is 0 Å². The average Bonchev–Trinajstić information content (AvgIpc) is 2.09. The Balaban J connectivity index is 2.77. The molecule has 0 atom stereocenters. The smallest absolute Gasteiger partial charge is 0.0663 e. The maximum absolute atomic E-state index is 8.28. The van der Waals surface area contributed by atoms with E-state index in [9.17, 15) is 0 Å². The first-order valence-electron chi connectivity index (χ1n) is 3.72. The van der Waals surface area contributed by atoms with Gasteiger partial charge in [-0.2, -0.15) is 5.26 Å². The summed E-state index contributed by atoms with van der Waals surface area (Å²) in [5, 5.41) is 8.28. The van der Waals surface area contributed by atoms with Gasteiger partial charge >= 0.3 is 0 Å². The predicted octanol–water partition coefficient (Wildman–Crippen LogP) is 2.20. The molecular formula is C10H10N2. The van der Waals surface area contributed by atoms with Crippen molar-refractivity contribution in [1.29, 1.82) is 5.26 Å². The maximum Gasteiger partial charge on any atom is 0.0663 e. The van der Waals surface area contributed by atoms with Gasteiger partial charge in [0.25, 0.3) is 0 Å². The Morgan fingerprint density at radius 1 is 1.42 bits per heavy atom. The van der Waals surface area contributed by atoms with Crippen molar-refractivity contribution in [2.45, 2.75) is 6.42 Å². The third-order valence-corrected chi connectivity index (χ3v) is 1.50. The highest BCUT2D eigenvalue weighted by Crippen LogP contribution is 2.11. The van der Waals surface area contributed by atoms with Crippen LogP contribution in [0, 0.1) is 11.3 Å². The second-order valence-corrected chi connectivity index (χ2v) is 2.39. The second kappa shape index (κ2) is 4.20. The van der Waals surface area contributed by atoms with E-state index >= 15 is 0 Å². The van der Waals surface area contributed by atoms with Crippen LogP contribution in [0.2, 0.25) is 0 Å². The molecule has 0 unspecified atom stereocenters. The van der Waals surface area contributed by atoms with Crippen LogP contribution in [0.25, 0.3) is 6.08 Å². The van der Waals surface area contributed by atoms with Crippen LogP contribution in [0.4, 0.5) is 5.69 Å². The molecule has 0 aliphatic rings. The van der Waals surface area contributed by atoms with Gasteiger partial charge in [-0.1, -0.05) is 30.4 Å². The zero-order chi connectivity index (χ0) is 8.81. The molecule has 1 aromatic carbocycles. The second-order valence-electron chi connectivity index (χ2n) is 2.39. The number of hydrogen-bond acceptors (Lipinski definition) is 2. The molecular weight excluding hydrogens is 148 g/mol. The fourth-order valence-electron chi connectivity index (χ4n) is 0.901. The van der Waals surface area contributed by atoms with Gasteiger partial charge < -0.3 is 5.73 Å². The van der Waals surface area contributed by atoms with Crippen molar-refractivity contribution in [3.05, 3.63) is 35.9 Å². The fraction of sp³-hybridized carbons (Fsp3) is 0.100. The summed E-state index contributed by atoms with van der Waals surface area (Å²) in [6.45, 7) is 0. The van der Waals surface area contributed by atoms with Crippen molar-refractivity contribution < 1.29 is 0 Å². The highest BCUT2D eigenvalue weighted by Gasteiger charge is 1.89. The SMILES string of the molecule is N#CCC=Cc1ccccc1N.